The fraction of sp³-hybridized carbons (Fsp3) is 0.536. The van der Waals surface area contributed by atoms with Crippen molar-refractivity contribution in [3.05, 3.63) is 59.2 Å². The Morgan fingerprint density at radius 2 is 1.97 bits per heavy atom. The van der Waals surface area contributed by atoms with E-state index >= 15 is 0 Å². The Kier molecular flexibility index (Phi) is 5.34. The number of likely N-dealkylation sites (tertiary alicyclic amines) is 1. The Labute approximate surface area is 201 Å². The highest BCUT2D eigenvalue weighted by molar-refractivity contribution is 5.77. The summed E-state index contributed by atoms with van der Waals surface area (Å²) in [6.07, 6.45) is 4.97. The fourth-order valence-electron chi connectivity index (χ4n) is 6.75. The molecule has 3 atom stereocenters. The van der Waals surface area contributed by atoms with Gasteiger partial charge in [-0.3, -0.25) is 9.69 Å². The molecule has 2 aromatic carbocycles. The van der Waals surface area contributed by atoms with E-state index < -0.39 is 11.0 Å². The van der Waals surface area contributed by atoms with E-state index in [0.717, 1.165) is 43.0 Å². The van der Waals surface area contributed by atoms with Gasteiger partial charge in [-0.15, -0.1) is 0 Å². The van der Waals surface area contributed by atoms with Crippen LogP contribution >= 0.6 is 0 Å². The Hall–Kier alpha value is -2.57. The Bertz CT molecular complexity index is 1090. The van der Waals surface area contributed by atoms with Crippen molar-refractivity contribution < 1.29 is 19.4 Å². The van der Waals surface area contributed by atoms with Gasteiger partial charge in [0.05, 0.1) is 12.7 Å². The lowest BCUT2D eigenvalue weighted by molar-refractivity contribution is -0.147. The average Bonchev–Trinajstić information content (AvgIpc) is 3.68. The third kappa shape index (κ3) is 3.42. The minimum absolute atomic E-state index is 0.0165. The number of nitrogens with one attached hydrogen (secondary N) is 1. The molecule has 0 unspecified atom stereocenters. The lowest BCUT2D eigenvalue weighted by atomic mass is 9.53. The molecule has 2 aromatic rings. The summed E-state index contributed by atoms with van der Waals surface area (Å²) < 4.78 is 12.3. The van der Waals surface area contributed by atoms with Crippen molar-refractivity contribution in [1.29, 1.82) is 0 Å². The topological polar surface area (TPSA) is 71.0 Å². The SMILES string of the molecule is COc1c(OCc2ccccc2)ccc2c1[C@]13CCN(CC4CC4)[C@H](C2)[C@]1(O)CCC(=O)NC3. The van der Waals surface area contributed by atoms with Crippen molar-refractivity contribution in [2.75, 3.05) is 26.7 Å². The highest BCUT2D eigenvalue weighted by Gasteiger charge is 2.64. The molecule has 6 nitrogen and oxygen atoms in total. The van der Waals surface area contributed by atoms with Crippen LogP contribution in [0.25, 0.3) is 0 Å². The Balaban J connectivity index is 1.44. The molecule has 3 fully saturated rings. The van der Waals surface area contributed by atoms with Crippen LogP contribution in [0, 0.1) is 5.92 Å². The van der Waals surface area contributed by atoms with Gasteiger partial charge < -0.3 is 19.9 Å². The van der Waals surface area contributed by atoms with Crippen LogP contribution in [-0.2, 0) is 23.2 Å². The summed E-state index contributed by atoms with van der Waals surface area (Å²) in [6.45, 7) is 2.86. The first-order valence-corrected chi connectivity index (χ1v) is 12.6. The first kappa shape index (κ1) is 21.9. The molecule has 0 radical (unpaired) electrons. The number of aliphatic hydroxyl groups is 1. The van der Waals surface area contributed by atoms with Crippen molar-refractivity contribution in [2.24, 2.45) is 5.92 Å². The number of rotatable bonds is 6. The first-order chi connectivity index (χ1) is 16.5. The number of carbonyl (C=O) groups is 1. The molecule has 2 bridgehead atoms. The largest absolute Gasteiger partial charge is 0.493 e. The van der Waals surface area contributed by atoms with E-state index in [9.17, 15) is 9.90 Å². The minimum Gasteiger partial charge on any atom is -0.493 e. The zero-order chi connectivity index (χ0) is 23.3. The van der Waals surface area contributed by atoms with Crippen molar-refractivity contribution >= 4 is 5.91 Å². The molecule has 2 N–H and O–H groups in total. The van der Waals surface area contributed by atoms with E-state index in [1.54, 1.807) is 7.11 Å². The molecule has 2 saturated heterocycles. The van der Waals surface area contributed by atoms with Gasteiger partial charge in [-0.25, -0.2) is 0 Å². The summed E-state index contributed by atoms with van der Waals surface area (Å²) in [5, 5.41) is 15.6. The standard InChI is InChI=1S/C28H34N2O4/c1-33-26-22(34-17-20-5-3-2-4-6-20)10-9-21-15-23-28(32)12-11-24(31)29-18-27(28,25(21)26)13-14-30(23)16-19-7-8-19/h2-6,9-10,19,23,32H,7-8,11-18H2,1H3,(H,29,31)/t23-,27-,28-/m1/s1. The van der Waals surface area contributed by atoms with Crippen LogP contribution in [0.1, 0.15) is 48.8 Å². The molecule has 180 valence electrons. The Morgan fingerprint density at radius 3 is 2.74 bits per heavy atom. The van der Waals surface area contributed by atoms with Gasteiger partial charge in [0.15, 0.2) is 11.5 Å². The number of ether oxygens (including phenoxy) is 2. The average molecular weight is 463 g/mol. The summed E-state index contributed by atoms with van der Waals surface area (Å²) in [5.74, 6) is 2.17. The predicted octanol–water partition coefficient (Wildman–Crippen LogP) is 3.19. The molecule has 2 aliphatic heterocycles. The van der Waals surface area contributed by atoms with Gasteiger partial charge in [0.1, 0.15) is 6.61 Å². The van der Waals surface area contributed by atoms with Crippen LogP contribution in [0.4, 0.5) is 0 Å². The maximum absolute atomic E-state index is 12.5. The van der Waals surface area contributed by atoms with E-state index in [1.807, 2.05) is 36.4 Å². The number of methoxy groups -OCH3 is 1. The molecule has 2 aliphatic carbocycles. The number of fused-ring (bicyclic) bond motifs is 1. The zero-order valence-electron chi connectivity index (χ0n) is 19.9. The van der Waals surface area contributed by atoms with Gasteiger partial charge in [-0.1, -0.05) is 36.4 Å². The van der Waals surface area contributed by atoms with Crippen molar-refractivity contribution in [2.45, 2.75) is 62.2 Å². The number of hydrogen-bond donors (Lipinski definition) is 2. The lowest BCUT2D eigenvalue weighted by Crippen LogP contribution is -2.73. The molecular formula is C28H34N2O4. The fourth-order valence-corrected chi connectivity index (χ4v) is 6.75. The van der Waals surface area contributed by atoms with Crippen LogP contribution in [-0.4, -0.2) is 54.3 Å². The van der Waals surface area contributed by atoms with Gasteiger partial charge in [-0.05, 0) is 61.8 Å². The summed E-state index contributed by atoms with van der Waals surface area (Å²) >= 11 is 0. The highest BCUT2D eigenvalue weighted by atomic mass is 16.5. The van der Waals surface area contributed by atoms with Crippen LogP contribution in [0.3, 0.4) is 0 Å². The molecule has 6 heteroatoms. The van der Waals surface area contributed by atoms with Gasteiger partial charge in [0.2, 0.25) is 5.91 Å². The number of amides is 1. The molecular weight excluding hydrogens is 428 g/mol. The predicted molar refractivity (Wildman–Crippen MR) is 129 cm³/mol. The number of hydrogen-bond acceptors (Lipinski definition) is 5. The zero-order valence-corrected chi connectivity index (χ0v) is 19.9. The quantitative estimate of drug-likeness (QED) is 0.690. The third-order valence-corrected chi connectivity index (χ3v) is 8.70. The second kappa shape index (κ2) is 8.28. The van der Waals surface area contributed by atoms with Gasteiger partial charge in [0.25, 0.3) is 0 Å². The van der Waals surface area contributed by atoms with Gasteiger partial charge >= 0.3 is 0 Å². The number of carbonyl (C=O) groups excluding carboxylic acids is 1. The van der Waals surface area contributed by atoms with Crippen molar-refractivity contribution in [3.8, 4) is 11.5 Å². The molecule has 1 amide bonds. The number of piperidine rings is 1. The summed E-state index contributed by atoms with van der Waals surface area (Å²) in [6, 6.07) is 14.3. The molecule has 2 heterocycles. The Morgan fingerprint density at radius 1 is 1.15 bits per heavy atom. The number of benzene rings is 2. The monoisotopic (exact) mass is 462 g/mol. The van der Waals surface area contributed by atoms with Crippen molar-refractivity contribution in [3.63, 3.8) is 0 Å². The second-order valence-corrected chi connectivity index (χ2v) is 10.6. The molecule has 1 saturated carbocycles. The maximum Gasteiger partial charge on any atom is 0.220 e. The van der Waals surface area contributed by atoms with Crippen LogP contribution < -0.4 is 14.8 Å². The lowest BCUT2D eigenvalue weighted by Gasteiger charge is -2.61. The summed E-state index contributed by atoms with van der Waals surface area (Å²) in [5.41, 5.74) is 1.75. The van der Waals surface area contributed by atoms with Gasteiger partial charge in [-0.2, -0.15) is 0 Å². The third-order valence-electron chi connectivity index (χ3n) is 8.70. The van der Waals surface area contributed by atoms with Crippen LogP contribution in [0.2, 0.25) is 0 Å². The van der Waals surface area contributed by atoms with E-state index in [0.29, 0.717) is 37.5 Å². The van der Waals surface area contributed by atoms with E-state index in [1.165, 1.54) is 18.4 Å². The van der Waals surface area contributed by atoms with Crippen molar-refractivity contribution in [1.82, 2.24) is 10.2 Å². The molecule has 4 aliphatic rings. The molecule has 6 rings (SSSR count). The maximum atomic E-state index is 12.5. The van der Waals surface area contributed by atoms with E-state index in [2.05, 4.69) is 16.3 Å². The second-order valence-electron chi connectivity index (χ2n) is 10.6. The van der Waals surface area contributed by atoms with Crippen LogP contribution in [0.15, 0.2) is 42.5 Å². The smallest absolute Gasteiger partial charge is 0.220 e. The summed E-state index contributed by atoms with van der Waals surface area (Å²) in [4.78, 5) is 15.0. The molecule has 0 spiro atoms. The summed E-state index contributed by atoms with van der Waals surface area (Å²) in [7, 11) is 1.68. The van der Waals surface area contributed by atoms with Gasteiger partial charge in [0, 0.05) is 36.5 Å². The molecule has 34 heavy (non-hydrogen) atoms. The normalized spacial score (nSPS) is 30.5. The van der Waals surface area contributed by atoms with E-state index in [4.69, 9.17) is 9.47 Å². The highest BCUT2D eigenvalue weighted by Crippen LogP contribution is 2.58. The number of nitrogens with zero attached hydrogens (tertiary/aromatic N) is 1. The van der Waals surface area contributed by atoms with E-state index in [-0.39, 0.29) is 11.9 Å². The first-order valence-electron chi connectivity index (χ1n) is 12.6. The molecule has 0 aromatic heterocycles. The van der Waals surface area contributed by atoms with Crippen LogP contribution in [0.5, 0.6) is 11.5 Å². The minimum atomic E-state index is -0.988.